The van der Waals surface area contributed by atoms with Crippen LogP contribution in [-0.2, 0) is 9.53 Å². The van der Waals surface area contributed by atoms with Gasteiger partial charge in [0.1, 0.15) is 0 Å². The van der Waals surface area contributed by atoms with Crippen molar-refractivity contribution in [2.45, 2.75) is 13.8 Å². The highest BCUT2D eigenvalue weighted by Crippen LogP contribution is 2.23. The Labute approximate surface area is 118 Å². The van der Waals surface area contributed by atoms with Crippen molar-refractivity contribution in [2.75, 3.05) is 25.5 Å². The number of hydrogen-bond acceptors (Lipinski definition) is 4. The third-order valence-electron chi connectivity index (χ3n) is 3.25. The van der Waals surface area contributed by atoms with E-state index in [0.29, 0.717) is 6.54 Å². The molecule has 1 aliphatic rings. The highest BCUT2D eigenvalue weighted by Gasteiger charge is 2.35. The Kier molecular flexibility index (Phi) is 3.79. The van der Waals surface area contributed by atoms with Crippen LogP contribution in [-0.4, -0.2) is 37.5 Å². The Morgan fingerprint density at radius 1 is 1.30 bits per heavy atom. The molecular weight excluding hydrogens is 256 g/mol. The van der Waals surface area contributed by atoms with Crippen LogP contribution in [0.2, 0.25) is 0 Å². The van der Waals surface area contributed by atoms with Gasteiger partial charge < -0.3 is 9.64 Å². The predicted molar refractivity (Wildman–Crippen MR) is 77.4 cm³/mol. The van der Waals surface area contributed by atoms with E-state index < -0.39 is 6.09 Å². The molecule has 2 amide bonds. The summed E-state index contributed by atoms with van der Waals surface area (Å²) in [5.41, 5.74) is 2.96. The predicted octanol–water partition coefficient (Wildman–Crippen LogP) is 2.40. The van der Waals surface area contributed by atoms with Crippen molar-refractivity contribution in [2.24, 2.45) is 0 Å². The average molecular weight is 274 g/mol. The van der Waals surface area contributed by atoms with E-state index in [1.54, 1.807) is 13.0 Å². The van der Waals surface area contributed by atoms with Gasteiger partial charge in [0.2, 0.25) is 0 Å². The van der Waals surface area contributed by atoms with Crippen molar-refractivity contribution in [3.8, 4) is 0 Å². The SMILES string of the molecule is CCN1C(=O)O/C(=C/c2ccc(N(C)C)cc2C)C1=O. The first-order chi connectivity index (χ1) is 9.43. The first-order valence-electron chi connectivity index (χ1n) is 6.47. The Balaban J connectivity index is 2.32. The summed E-state index contributed by atoms with van der Waals surface area (Å²) in [6.07, 6.45) is 1.01. The molecule has 0 spiro atoms. The third-order valence-corrected chi connectivity index (χ3v) is 3.25. The van der Waals surface area contributed by atoms with Gasteiger partial charge in [-0.05, 0) is 43.2 Å². The molecule has 0 aromatic heterocycles. The number of carbonyl (C=O) groups excluding carboxylic acids is 2. The smallest absolute Gasteiger partial charge is 0.404 e. The van der Waals surface area contributed by atoms with Crippen molar-refractivity contribution in [1.82, 2.24) is 4.90 Å². The molecule has 1 fully saturated rings. The first-order valence-corrected chi connectivity index (χ1v) is 6.47. The van der Waals surface area contributed by atoms with Crippen molar-refractivity contribution in [3.05, 3.63) is 35.1 Å². The van der Waals surface area contributed by atoms with E-state index in [-0.39, 0.29) is 11.7 Å². The molecule has 0 radical (unpaired) electrons. The van der Waals surface area contributed by atoms with Crippen molar-refractivity contribution >= 4 is 23.8 Å². The second-order valence-electron chi connectivity index (χ2n) is 4.86. The molecule has 0 unspecified atom stereocenters. The van der Waals surface area contributed by atoms with Crippen LogP contribution < -0.4 is 4.90 Å². The molecule has 1 aliphatic heterocycles. The van der Waals surface area contributed by atoms with E-state index in [9.17, 15) is 9.59 Å². The zero-order valence-corrected chi connectivity index (χ0v) is 12.1. The molecule has 20 heavy (non-hydrogen) atoms. The maximum atomic E-state index is 11.9. The lowest BCUT2D eigenvalue weighted by molar-refractivity contribution is -0.123. The summed E-state index contributed by atoms with van der Waals surface area (Å²) in [5, 5.41) is 0. The number of cyclic esters (lactones) is 1. The molecule has 1 aromatic rings. The van der Waals surface area contributed by atoms with Gasteiger partial charge >= 0.3 is 6.09 Å². The second kappa shape index (κ2) is 5.36. The molecule has 106 valence electrons. The van der Waals surface area contributed by atoms with Crippen LogP contribution in [0.15, 0.2) is 24.0 Å². The van der Waals surface area contributed by atoms with Gasteiger partial charge in [-0.1, -0.05) is 6.07 Å². The molecule has 5 heteroatoms. The molecule has 5 nitrogen and oxygen atoms in total. The quantitative estimate of drug-likeness (QED) is 0.794. The van der Waals surface area contributed by atoms with E-state index in [2.05, 4.69) is 0 Å². The first kappa shape index (κ1) is 14.1. The lowest BCUT2D eigenvalue weighted by Crippen LogP contribution is -2.28. The van der Waals surface area contributed by atoms with E-state index in [0.717, 1.165) is 21.7 Å². The maximum Gasteiger partial charge on any atom is 0.422 e. The van der Waals surface area contributed by atoms with Crippen molar-refractivity contribution in [3.63, 3.8) is 0 Å². The summed E-state index contributed by atoms with van der Waals surface area (Å²) < 4.78 is 5.00. The topological polar surface area (TPSA) is 49.9 Å². The van der Waals surface area contributed by atoms with E-state index in [1.807, 2.05) is 44.1 Å². The van der Waals surface area contributed by atoms with Crippen LogP contribution in [0.1, 0.15) is 18.1 Å². The summed E-state index contributed by atoms with van der Waals surface area (Å²) in [5.74, 6) is -0.300. The number of imide groups is 1. The number of ether oxygens (including phenoxy) is 1. The van der Waals surface area contributed by atoms with Gasteiger partial charge in [-0.2, -0.15) is 0 Å². The molecule has 1 heterocycles. The number of nitrogens with zero attached hydrogens (tertiary/aromatic N) is 2. The van der Waals surface area contributed by atoms with Gasteiger partial charge in [0.15, 0.2) is 5.76 Å². The molecule has 2 rings (SSSR count). The van der Waals surface area contributed by atoms with Gasteiger partial charge in [-0.15, -0.1) is 0 Å². The molecule has 1 saturated heterocycles. The Morgan fingerprint density at radius 3 is 2.50 bits per heavy atom. The number of rotatable bonds is 3. The molecule has 1 aromatic carbocycles. The van der Waals surface area contributed by atoms with Crippen LogP contribution in [0.25, 0.3) is 6.08 Å². The molecule has 0 atom stereocenters. The number of amides is 2. The second-order valence-corrected chi connectivity index (χ2v) is 4.86. The number of aryl methyl sites for hydroxylation is 1. The van der Waals surface area contributed by atoms with E-state index in [1.165, 1.54) is 0 Å². The summed E-state index contributed by atoms with van der Waals surface area (Å²) in [6.45, 7) is 4.00. The fraction of sp³-hybridized carbons (Fsp3) is 0.333. The number of anilines is 1. The van der Waals surface area contributed by atoms with E-state index in [4.69, 9.17) is 4.74 Å². The number of carbonyl (C=O) groups is 2. The monoisotopic (exact) mass is 274 g/mol. The highest BCUT2D eigenvalue weighted by atomic mass is 16.6. The van der Waals surface area contributed by atoms with Crippen LogP contribution in [0.5, 0.6) is 0 Å². The number of benzene rings is 1. The zero-order chi connectivity index (χ0) is 14.9. The van der Waals surface area contributed by atoms with E-state index >= 15 is 0 Å². The van der Waals surface area contributed by atoms with Crippen LogP contribution in [0.4, 0.5) is 10.5 Å². The van der Waals surface area contributed by atoms with Crippen LogP contribution >= 0.6 is 0 Å². The Bertz CT molecular complexity index is 591. The minimum absolute atomic E-state index is 0.0811. The highest BCUT2D eigenvalue weighted by molar-refractivity contribution is 6.09. The number of hydrogen-bond donors (Lipinski definition) is 0. The summed E-state index contributed by atoms with van der Waals surface area (Å²) in [7, 11) is 3.93. The van der Waals surface area contributed by atoms with Crippen molar-refractivity contribution in [1.29, 1.82) is 0 Å². The van der Waals surface area contributed by atoms with Crippen LogP contribution in [0, 0.1) is 6.92 Å². The summed E-state index contributed by atoms with van der Waals surface area (Å²) >= 11 is 0. The Morgan fingerprint density at radius 2 is 2.00 bits per heavy atom. The van der Waals surface area contributed by atoms with Crippen molar-refractivity contribution < 1.29 is 14.3 Å². The average Bonchev–Trinajstić information content (AvgIpc) is 2.66. The van der Waals surface area contributed by atoms with Gasteiger partial charge in [0.05, 0.1) is 0 Å². The fourth-order valence-corrected chi connectivity index (χ4v) is 2.01. The van der Waals surface area contributed by atoms with Gasteiger partial charge in [0.25, 0.3) is 5.91 Å². The summed E-state index contributed by atoms with van der Waals surface area (Å²) in [4.78, 5) is 26.5. The molecule has 0 aliphatic carbocycles. The molecular formula is C15H18N2O3. The lowest BCUT2D eigenvalue weighted by atomic mass is 10.1. The van der Waals surface area contributed by atoms with Gasteiger partial charge in [-0.3, -0.25) is 4.79 Å². The minimum atomic E-state index is -0.605. The molecule has 0 N–H and O–H groups in total. The Hall–Kier alpha value is -2.30. The molecule has 0 bridgehead atoms. The zero-order valence-electron chi connectivity index (χ0n) is 12.1. The lowest BCUT2D eigenvalue weighted by Gasteiger charge is -2.14. The number of likely N-dealkylation sites (N-methyl/N-ethyl adjacent to an activating group) is 1. The summed E-state index contributed by atoms with van der Waals surface area (Å²) in [6, 6.07) is 5.89. The third kappa shape index (κ3) is 2.52. The standard InChI is InChI=1S/C15H18N2O3/c1-5-17-14(18)13(20-15(17)19)9-11-6-7-12(16(3)4)8-10(11)2/h6-9H,5H2,1-4H3/b13-9+. The minimum Gasteiger partial charge on any atom is -0.404 e. The van der Waals surface area contributed by atoms with Crippen LogP contribution in [0.3, 0.4) is 0 Å². The van der Waals surface area contributed by atoms with Gasteiger partial charge in [0, 0.05) is 26.3 Å². The normalized spacial score (nSPS) is 16.8. The van der Waals surface area contributed by atoms with Gasteiger partial charge in [-0.25, -0.2) is 9.69 Å². The maximum absolute atomic E-state index is 11.9. The largest absolute Gasteiger partial charge is 0.422 e. The fourth-order valence-electron chi connectivity index (χ4n) is 2.01. The molecule has 0 saturated carbocycles.